The predicted octanol–water partition coefficient (Wildman–Crippen LogP) is 3.90. The molecular weight excluding hydrogens is 208 g/mol. The highest BCUT2D eigenvalue weighted by atomic mass is 14.9. The monoisotopic (exact) mass is 232 g/mol. The van der Waals surface area contributed by atoms with E-state index in [2.05, 4.69) is 24.4 Å². The number of rotatable bonds is 4. The number of benzene rings is 1. The molecule has 3 N–H and O–H groups in total. The Bertz CT molecular complexity index is 331. The lowest BCUT2D eigenvalue weighted by Crippen LogP contribution is -2.16. The van der Waals surface area contributed by atoms with Gasteiger partial charge < -0.3 is 11.1 Å². The average Bonchev–Trinajstić information content (AvgIpc) is 2.32. The minimum atomic E-state index is 0.830. The van der Waals surface area contributed by atoms with Crippen molar-refractivity contribution in [3.63, 3.8) is 0 Å². The maximum Gasteiger partial charge on any atom is 0.0341 e. The van der Waals surface area contributed by atoms with Gasteiger partial charge in [-0.25, -0.2) is 0 Å². The van der Waals surface area contributed by atoms with Crippen molar-refractivity contribution in [2.45, 2.75) is 39.0 Å². The molecule has 0 aromatic heterocycles. The highest BCUT2D eigenvalue weighted by Crippen LogP contribution is 2.30. The molecule has 2 unspecified atom stereocenters. The third-order valence-electron chi connectivity index (χ3n) is 3.84. The van der Waals surface area contributed by atoms with Crippen molar-refractivity contribution in [1.29, 1.82) is 0 Å². The smallest absolute Gasteiger partial charge is 0.0341 e. The van der Waals surface area contributed by atoms with Crippen LogP contribution in [0.15, 0.2) is 24.3 Å². The Hall–Kier alpha value is -1.18. The quantitative estimate of drug-likeness (QED) is 0.773. The van der Waals surface area contributed by atoms with Crippen LogP contribution in [0.2, 0.25) is 0 Å². The van der Waals surface area contributed by atoms with Gasteiger partial charge in [-0.15, -0.1) is 0 Å². The van der Waals surface area contributed by atoms with Gasteiger partial charge in [0.25, 0.3) is 0 Å². The molecule has 1 aromatic rings. The third kappa shape index (κ3) is 3.95. The summed E-state index contributed by atoms with van der Waals surface area (Å²) >= 11 is 0. The minimum Gasteiger partial charge on any atom is -0.399 e. The van der Waals surface area contributed by atoms with E-state index >= 15 is 0 Å². The normalized spacial score (nSPS) is 24.5. The fraction of sp³-hybridized carbons (Fsp3) is 0.600. The van der Waals surface area contributed by atoms with Gasteiger partial charge in [0.2, 0.25) is 0 Å². The number of hydrogen-bond acceptors (Lipinski definition) is 2. The minimum absolute atomic E-state index is 0.830. The van der Waals surface area contributed by atoms with Gasteiger partial charge in [0.05, 0.1) is 0 Å². The molecule has 2 heteroatoms. The number of nitrogens with two attached hydrogens (primary N) is 1. The summed E-state index contributed by atoms with van der Waals surface area (Å²) in [6.07, 6.45) is 7.00. The molecule has 0 aliphatic heterocycles. The van der Waals surface area contributed by atoms with Crippen LogP contribution in [-0.4, -0.2) is 6.54 Å². The molecule has 1 saturated carbocycles. The van der Waals surface area contributed by atoms with Crippen molar-refractivity contribution in [2.75, 3.05) is 17.6 Å². The summed E-state index contributed by atoms with van der Waals surface area (Å²) in [6, 6.07) is 8.01. The average molecular weight is 232 g/mol. The molecule has 94 valence electrons. The van der Waals surface area contributed by atoms with E-state index in [4.69, 9.17) is 5.73 Å². The van der Waals surface area contributed by atoms with Gasteiger partial charge in [-0.3, -0.25) is 0 Å². The van der Waals surface area contributed by atoms with Gasteiger partial charge in [-0.05, 0) is 48.9 Å². The van der Waals surface area contributed by atoms with Gasteiger partial charge in [-0.1, -0.05) is 26.2 Å². The van der Waals surface area contributed by atoms with Crippen LogP contribution >= 0.6 is 0 Å². The maximum atomic E-state index is 5.66. The lowest BCUT2D eigenvalue weighted by atomic mass is 9.81. The van der Waals surface area contributed by atoms with E-state index in [-0.39, 0.29) is 0 Å². The van der Waals surface area contributed by atoms with Crippen LogP contribution < -0.4 is 11.1 Å². The van der Waals surface area contributed by atoms with Crippen LogP contribution in [0.3, 0.4) is 0 Å². The van der Waals surface area contributed by atoms with E-state index in [0.29, 0.717) is 0 Å². The SMILES string of the molecule is CC1CCCC(CCNc2ccc(N)cc2)C1. The molecule has 0 heterocycles. The second-order valence-electron chi connectivity index (χ2n) is 5.48. The topological polar surface area (TPSA) is 38.0 Å². The summed E-state index contributed by atoms with van der Waals surface area (Å²) in [5.41, 5.74) is 7.67. The fourth-order valence-corrected chi connectivity index (χ4v) is 2.84. The number of nitrogens with one attached hydrogen (secondary N) is 1. The lowest BCUT2D eigenvalue weighted by Gasteiger charge is -2.26. The van der Waals surface area contributed by atoms with Crippen LogP contribution in [0.1, 0.15) is 39.0 Å². The van der Waals surface area contributed by atoms with Crippen LogP contribution in [0.4, 0.5) is 11.4 Å². The summed E-state index contributed by atoms with van der Waals surface area (Å²) in [4.78, 5) is 0. The van der Waals surface area contributed by atoms with Crippen molar-refractivity contribution in [3.8, 4) is 0 Å². The van der Waals surface area contributed by atoms with Crippen LogP contribution in [0, 0.1) is 11.8 Å². The van der Waals surface area contributed by atoms with Crippen molar-refractivity contribution in [1.82, 2.24) is 0 Å². The number of nitrogen functional groups attached to an aromatic ring is 1. The van der Waals surface area contributed by atoms with E-state index in [1.165, 1.54) is 37.8 Å². The molecule has 2 rings (SSSR count). The van der Waals surface area contributed by atoms with Gasteiger partial charge in [-0.2, -0.15) is 0 Å². The molecule has 0 spiro atoms. The first kappa shape index (κ1) is 12.3. The number of hydrogen-bond donors (Lipinski definition) is 2. The van der Waals surface area contributed by atoms with Crippen molar-refractivity contribution >= 4 is 11.4 Å². The number of anilines is 2. The van der Waals surface area contributed by atoms with E-state index in [0.717, 1.165) is 24.1 Å². The summed E-state index contributed by atoms with van der Waals surface area (Å²) < 4.78 is 0. The molecule has 0 radical (unpaired) electrons. The van der Waals surface area contributed by atoms with Gasteiger partial charge in [0.15, 0.2) is 0 Å². The summed E-state index contributed by atoms with van der Waals surface area (Å²) in [5, 5.41) is 3.48. The second kappa shape index (κ2) is 5.95. The van der Waals surface area contributed by atoms with Crippen molar-refractivity contribution in [3.05, 3.63) is 24.3 Å². The zero-order valence-electron chi connectivity index (χ0n) is 10.8. The van der Waals surface area contributed by atoms with Crippen LogP contribution in [-0.2, 0) is 0 Å². The molecule has 2 atom stereocenters. The fourth-order valence-electron chi connectivity index (χ4n) is 2.84. The third-order valence-corrected chi connectivity index (χ3v) is 3.84. The molecule has 0 saturated heterocycles. The highest BCUT2D eigenvalue weighted by Gasteiger charge is 2.18. The van der Waals surface area contributed by atoms with E-state index in [1.54, 1.807) is 0 Å². The molecule has 0 amide bonds. The Labute approximate surface area is 105 Å². The lowest BCUT2D eigenvalue weighted by molar-refractivity contribution is 0.274. The molecule has 2 nitrogen and oxygen atoms in total. The van der Waals surface area contributed by atoms with E-state index < -0.39 is 0 Å². The summed E-state index contributed by atoms with van der Waals surface area (Å²) in [6.45, 7) is 3.47. The first-order chi connectivity index (χ1) is 8.24. The molecule has 1 fully saturated rings. The zero-order valence-corrected chi connectivity index (χ0v) is 10.8. The molecule has 0 bridgehead atoms. The standard InChI is InChI=1S/C15H24N2/c1-12-3-2-4-13(11-12)9-10-17-15-7-5-14(16)6-8-15/h5-8,12-13,17H,2-4,9-11,16H2,1H3. The molecule has 1 aliphatic carbocycles. The predicted molar refractivity (Wildman–Crippen MR) is 75.1 cm³/mol. The Balaban J connectivity index is 1.70. The zero-order chi connectivity index (χ0) is 12.1. The van der Waals surface area contributed by atoms with Crippen LogP contribution in [0.5, 0.6) is 0 Å². The molecule has 1 aromatic carbocycles. The van der Waals surface area contributed by atoms with Crippen LogP contribution in [0.25, 0.3) is 0 Å². The summed E-state index contributed by atoms with van der Waals surface area (Å²) in [7, 11) is 0. The van der Waals surface area contributed by atoms with Crippen molar-refractivity contribution < 1.29 is 0 Å². The Morgan fingerprint density at radius 3 is 2.71 bits per heavy atom. The second-order valence-corrected chi connectivity index (χ2v) is 5.48. The Kier molecular flexibility index (Phi) is 4.29. The van der Waals surface area contributed by atoms with Gasteiger partial charge >= 0.3 is 0 Å². The Morgan fingerprint density at radius 1 is 1.24 bits per heavy atom. The Morgan fingerprint density at radius 2 is 2.00 bits per heavy atom. The first-order valence-electron chi connectivity index (χ1n) is 6.83. The van der Waals surface area contributed by atoms with Crippen molar-refractivity contribution in [2.24, 2.45) is 11.8 Å². The first-order valence-corrected chi connectivity index (χ1v) is 6.83. The highest BCUT2D eigenvalue weighted by molar-refractivity contribution is 5.51. The van der Waals surface area contributed by atoms with Gasteiger partial charge in [0.1, 0.15) is 0 Å². The van der Waals surface area contributed by atoms with E-state index in [1.807, 2.05) is 12.1 Å². The maximum absolute atomic E-state index is 5.66. The molecule has 1 aliphatic rings. The molecular formula is C15H24N2. The van der Waals surface area contributed by atoms with Gasteiger partial charge in [0, 0.05) is 17.9 Å². The largest absolute Gasteiger partial charge is 0.399 e. The summed E-state index contributed by atoms with van der Waals surface area (Å²) in [5.74, 6) is 1.87. The molecule has 17 heavy (non-hydrogen) atoms. The van der Waals surface area contributed by atoms with E-state index in [9.17, 15) is 0 Å².